The van der Waals surface area contributed by atoms with E-state index in [1.165, 1.54) is 11.3 Å². The summed E-state index contributed by atoms with van der Waals surface area (Å²) in [5.74, 6) is -0.178. The minimum atomic E-state index is -3.30. The number of sulfonamides is 1. The van der Waals surface area contributed by atoms with Crippen LogP contribution < -0.4 is 4.72 Å². The Morgan fingerprint density at radius 3 is 2.83 bits per heavy atom. The Bertz CT molecular complexity index is 1110. The monoisotopic (exact) mass is 431 g/mol. The molecule has 4 rings (SSSR count). The minimum absolute atomic E-state index is 0.178. The van der Waals surface area contributed by atoms with Crippen molar-refractivity contribution < 1.29 is 13.2 Å². The van der Waals surface area contributed by atoms with E-state index in [4.69, 9.17) is 0 Å². The van der Waals surface area contributed by atoms with Crippen LogP contribution in [0, 0.1) is 0 Å². The standard InChI is InChI=1S/C19H21N5O3S2/c1-29(26,27)22-15-6-5-9-23(12-15)19(25)17-13-28-18(21-17)14-10-20-24(11-14)16-7-3-2-4-8-16/h2-4,7-8,10-11,13,15,22H,5-6,9,12H2,1H3. The third kappa shape index (κ3) is 4.72. The van der Waals surface area contributed by atoms with E-state index in [0.29, 0.717) is 18.8 Å². The number of likely N-dealkylation sites (tertiary alicyclic amines) is 1. The number of hydrogen-bond donors (Lipinski definition) is 1. The molecular weight excluding hydrogens is 410 g/mol. The molecule has 0 aliphatic carbocycles. The Hall–Kier alpha value is -2.56. The number of thiazole rings is 1. The summed E-state index contributed by atoms with van der Waals surface area (Å²) < 4.78 is 27.3. The second-order valence-corrected chi connectivity index (χ2v) is 9.67. The fraction of sp³-hybridized carbons (Fsp3) is 0.316. The van der Waals surface area contributed by atoms with Gasteiger partial charge in [0.25, 0.3) is 5.91 Å². The number of amides is 1. The number of aromatic nitrogens is 3. The Kier molecular flexibility index (Phi) is 5.48. The van der Waals surface area contributed by atoms with Crippen LogP contribution in [0.5, 0.6) is 0 Å². The minimum Gasteiger partial charge on any atom is -0.336 e. The van der Waals surface area contributed by atoms with Crippen molar-refractivity contribution in [3.63, 3.8) is 0 Å². The molecule has 1 unspecified atom stereocenters. The smallest absolute Gasteiger partial charge is 0.273 e. The predicted molar refractivity (Wildman–Crippen MR) is 112 cm³/mol. The molecule has 1 N–H and O–H groups in total. The molecule has 3 aromatic rings. The summed E-state index contributed by atoms with van der Waals surface area (Å²) in [6.45, 7) is 0.949. The highest BCUT2D eigenvalue weighted by Gasteiger charge is 2.27. The molecule has 0 bridgehead atoms. The van der Waals surface area contributed by atoms with Gasteiger partial charge < -0.3 is 4.90 Å². The zero-order valence-corrected chi connectivity index (χ0v) is 17.5. The molecule has 29 heavy (non-hydrogen) atoms. The molecule has 8 nitrogen and oxygen atoms in total. The van der Waals surface area contributed by atoms with Crippen LogP contribution in [0.2, 0.25) is 0 Å². The van der Waals surface area contributed by atoms with Gasteiger partial charge in [-0.2, -0.15) is 5.10 Å². The highest BCUT2D eigenvalue weighted by atomic mass is 32.2. The fourth-order valence-corrected chi connectivity index (χ4v) is 4.95. The quantitative estimate of drug-likeness (QED) is 0.668. The molecule has 1 aromatic carbocycles. The maximum Gasteiger partial charge on any atom is 0.273 e. The Balaban J connectivity index is 1.47. The molecule has 2 aromatic heterocycles. The van der Waals surface area contributed by atoms with Gasteiger partial charge in [-0.05, 0) is 25.0 Å². The molecule has 0 saturated carbocycles. The lowest BCUT2D eigenvalue weighted by Gasteiger charge is -2.32. The van der Waals surface area contributed by atoms with Crippen molar-refractivity contribution in [2.45, 2.75) is 18.9 Å². The van der Waals surface area contributed by atoms with E-state index >= 15 is 0 Å². The lowest BCUT2D eigenvalue weighted by molar-refractivity contribution is 0.0698. The first kappa shape index (κ1) is 19.7. The summed E-state index contributed by atoms with van der Waals surface area (Å²) >= 11 is 1.39. The first-order valence-electron chi connectivity index (χ1n) is 9.21. The zero-order valence-electron chi connectivity index (χ0n) is 15.9. The van der Waals surface area contributed by atoms with Crippen molar-refractivity contribution in [1.29, 1.82) is 0 Å². The van der Waals surface area contributed by atoms with Gasteiger partial charge in [0.05, 0.1) is 18.1 Å². The molecule has 1 fully saturated rings. The molecule has 0 radical (unpaired) electrons. The Morgan fingerprint density at radius 1 is 1.28 bits per heavy atom. The van der Waals surface area contributed by atoms with Crippen LogP contribution in [-0.2, 0) is 10.0 Å². The first-order chi connectivity index (χ1) is 13.9. The van der Waals surface area contributed by atoms with Crippen LogP contribution in [-0.4, -0.2) is 59.4 Å². The van der Waals surface area contributed by atoms with Crippen LogP contribution >= 0.6 is 11.3 Å². The van der Waals surface area contributed by atoms with E-state index in [1.54, 1.807) is 21.2 Å². The number of piperidine rings is 1. The van der Waals surface area contributed by atoms with Gasteiger partial charge in [0.1, 0.15) is 10.7 Å². The van der Waals surface area contributed by atoms with Crippen LogP contribution in [0.3, 0.4) is 0 Å². The molecule has 3 heterocycles. The summed E-state index contributed by atoms with van der Waals surface area (Å²) in [7, 11) is -3.30. The van der Waals surface area contributed by atoms with Gasteiger partial charge in [-0.3, -0.25) is 4.79 Å². The molecule has 10 heteroatoms. The van der Waals surface area contributed by atoms with Crippen LogP contribution in [0.25, 0.3) is 16.3 Å². The summed E-state index contributed by atoms with van der Waals surface area (Å²) in [5.41, 5.74) is 2.16. The normalized spacial score (nSPS) is 17.4. The predicted octanol–water partition coefficient (Wildman–Crippen LogP) is 2.15. The van der Waals surface area contributed by atoms with E-state index in [1.807, 2.05) is 36.5 Å². The van der Waals surface area contributed by atoms with Crippen molar-refractivity contribution in [3.05, 3.63) is 53.8 Å². The Labute approximate surface area is 173 Å². The number of nitrogens with one attached hydrogen (secondary N) is 1. The summed E-state index contributed by atoms with van der Waals surface area (Å²) in [5, 5.41) is 6.84. The van der Waals surface area contributed by atoms with Gasteiger partial charge in [-0.15, -0.1) is 11.3 Å². The summed E-state index contributed by atoms with van der Waals surface area (Å²) in [6, 6.07) is 9.51. The number of para-hydroxylation sites is 1. The average molecular weight is 432 g/mol. The summed E-state index contributed by atoms with van der Waals surface area (Å²) in [4.78, 5) is 19.0. The van der Waals surface area contributed by atoms with E-state index < -0.39 is 10.0 Å². The highest BCUT2D eigenvalue weighted by molar-refractivity contribution is 7.88. The third-order valence-corrected chi connectivity index (χ3v) is 6.32. The number of benzene rings is 1. The molecule has 152 valence electrons. The van der Waals surface area contributed by atoms with Crippen LogP contribution in [0.1, 0.15) is 23.3 Å². The van der Waals surface area contributed by atoms with E-state index in [0.717, 1.165) is 35.4 Å². The van der Waals surface area contributed by atoms with Gasteiger partial charge in [0, 0.05) is 36.3 Å². The lowest BCUT2D eigenvalue weighted by atomic mass is 10.1. The van der Waals surface area contributed by atoms with Crippen molar-refractivity contribution in [2.75, 3.05) is 19.3 Å². The van der Waals surface area contributed by atoms with E-state index in [-0.39, 0.29) is 11.9 Å². The third-order valence-electron chi connectivity index (χ3n) is 4.66. The molecule has 1 amide bonds. The van der Waals surface area contributed by atoms with Crippen molar-refractivity contribution in [3.8, 4) is 16.3 Å². The maximum atomic E-state index is 12.9. The highest BCUT2D eigenvalue weighted by Crippen LogP contribution is 2.25. The molecule has 1 saturated heterocycles. The van der Waals surface area contributed by atoms with Gasteiger partial charge in [-0.1, -0.05) is 18.2 Å². The molecular formula is C19H21N5O3S2. The second-order valence-electron chi connectivity index (χ2n) is 7.03. The van der Waals surface area contributed by atoms with Crippen molar-refractivity contribution in [1.82, 2.24) is 24.4 Å². The number of hydrogen-bond acceptors (Lipinski definition) is 6. The number of nitrogens with zero attached hydrogens (tertiary/aromatic N) is 4. The van der Waals surface area contributed by atoms with Crippen LogP contribution in [0.4, 0.5) is 0 Å². The fourth-order valence-electron chi connectivity index (χ4n) is 3.38. The van der Waals surface area contributed by atoms with Crippen LogP contribution in [0.15, 0.2) is 48.1 Å². The average Bonchev–Trinajstić information content (AvgIpc) is 3.37. The zero-order chi connectivity index (χ0) is 20.4. The summed E-state index contributed by atoms with van der Waals surface area (Å²) in [6.07, 6.45) is 6.22. The second kappa shape index (κ2) is 8.05. The number of rotatable bonds is 5. The lowest BCUT2D eigenvalue weighted by Crippen LogP contribution is -2.49. The number of carbonyl (C=O) groups is 1. The van der Waals surface area contributed by atoms with E-state index in [9.17, 15) is 13.2 Å². The van der Waals surface area contributed by atoms with Crippen molar-refractivity contribution in [2.24, 2.45) is 0 Å². The van der Waals surface area contributed by atoms with Gasteiger partial charge in [0.2, 0.25) is 10.0 Å². The maximum absolute atomic E-state index is 12.9. The SMILES string of the molecule is CS(=O)(=O)NC1CCCN(C(=O)c2csc(-c3cnn(-c4ccccc4)c3)n2)C1. The van der Waals surface area contributed by atoms with E-state index in [2.05, 4.69) is 14.8 Å². The van der Waals surface area contributed by atoms with Gasteiger partial charge in [-0.25, -0.2) is 22.8 Å². The Morgan fingerprint density at radius 2 is 2.07 bits per heavy atom. The van der Waals surface area contributed by atoms with Crippen molar-refractivity contribution >= 4 is 27.3 Å². The van der Waals surface area contributed by atoms with Gasteiger partial charge >= 0.3 is 0 Å². The number of carbonyl (C=O) groups excluding carboxylic acids is 1. The molecule has 1 aliphatic rings. The molecule has 1 aliphatic heterocycles. The van der Waals surface area contributed by atoms with Gasteiger partial charge in [0.15, 0.2) is 0 Å². The first-order valence-corrected chi connectivity index (χ1v) is 12.0. The molecule has 0 spiro atoms. The largest absolute Gasteiger partial charge is 0.336 e. The topological polar surface area (TPSA) is 97.2 Å². The molecule has 1 atom stereocenters.